The summed E-state index contributed by atoms with van der Waals surface area (Å²) in [5.74, 6) is 6.66. The first-order valence-electron chi connectivity index (χ1n) is 6.98. The third-order valence-electron chi connectivity index (χ3n) is 3.46. The highest BCUT2D eigenvalue weighted by molar-refractivity contribution is 7.99. The van der Waals surface area contributed by atoms with Crippen LogP contribution in [0.4, 0.5) is 0 Å². The number of hydrazine groups is 1. The maximum absolute atomic E-state index is 5.74. The molecule has 3 N–H and O–H groups in total. The minimum absolute atomic E-state index is 0.172. The van der Waals surface area contributed by atoms with Gasteiger partial charge >= 0.3 is 0 Å². The first kappa shape index (κ1) is 15.1. The lowest BCUT2D eigenvalue weighted by Crippen LogP contribution is -2.29. The van der Waals surface area contributed by atoms with Crippen LogP contribution in [0.3, 0.4) is 0 Å². The van der Waals surface area contributed by atoms with Gasteiger partial charge in [0.15, 0.2) is 0 Å². The Morgan fingerprint density at radius 3 is 2.65 bits per heavy atom. The monoisotopic (exact) mass is 286 g/mol. The maximum atomic E-state index is 5.74. The maximum Gasteiger partial charge on any atom is 0.0554 e. The lowest BCUT2D eigenvalue weighted by Gasteiger charge is -2.17. The van der Waals surface area contributed by atoms with Gasteiger partial charge in [-0.05, 0) is 36.1 Å². The van der Waals surface area contributed by atoms with Crippen LogP contribution in [0, 0.1) is 6.92 Å². The molecule has 0 aromatic heterocycles. The number of hydrogen-bond donors (Lipinski definition) is 2. The van der Waals surface area contributed by atoms with Crippen molar-refractivity contribution in [3.05, 3.63) is 65.2 Å². The molecule has 0 aliphatic carbocycles. The topological polar surface area (TPSA) is 38.0 Å². The zero-order valence-electron chi connectivity index (χ0n) is 12.1. The van der Waals surface area contributed by atoms with Crippen LogP contribution in [-0.2, 0) is 6.42 Å². The molecule has 0 heterocycles. The van der Waals surface area contributed by atoms with E-state index in [1.165, 1.54) is 21.6 Å². The van der Waals surface area contributed by atoms with Crippen molar-refractivity contribution in [2.45, 2.75) is 31.2 Å². The molecule has 0 saturated heterocycles. The van der Waals surface area contributed by atoms with Gasteiger partial charge in [-0.15, -0.1) is 11.8 Å². The Hall–Kier alpha value is -1.29. The molecule has 1 unspecified atom stereocenters. The van der Waals surface area contributed by atoms with E-state index in [4.69, 9.17) is 5.84 Å². The molecule has 1 atom stereocenters. The molecular formula is C17H22N2S. The van der Waals surface area contributed by atoms with E-state index < -0.39 is 0 Å². The van der Waals surface area contributed by atoms with Gasteiger partial charge in [-0.1, -0.05) is 49.4 Å². The summed E-state index contributed by atoms with van der Waals surface area (Å²) in [7, 11) is 0. The summed E-state index contributed by atoms with van der Waals surface area (Å²) in [6, 6.07) is 17.3. The third-order valence-corrected chi connectivity index (χ3v) is 4.73. The minimum atomic E-state index is 0.172. The normalized spacial score (nSPS) is 12.3. The van der Waals surface area contributed by atoms with E-state index in [-0.39, 0.29) is 6.04 Å². The highest BCUT2D eigenvalue weighted by Crippen LogP contribution is 2.27. The largest absolute Gasteiger partial charge is 0.271 e. The predicted octanol–water partition coefficient (Wildman–Crippen LogP) is 3.85. The Kier molecular flexibility index (Phi) is 5.65. The van der Waals surface area contributed by atoms with Crippen LogP contribution in [0.1, 0.15) is 29.7 Å². The number of rotatable bonds is 6. The molecular weight excluding hydrogens is 264 g/mol. The Morgan fingerprint density at radius 2 is 1.95 bits per heavy atom. The summed E-state index contributed by atoms with van der Waals surface area (Å²) in [6.07, 6.45) is 1.05. The average Bonchev–Trinajstić information content (AvgIpc) is 2.50. The van der Waals surface area contributed by atoms with Crippen molar-refractivity contribution in [1.29, 1.82) is 0 Å². The Balaban J connectivity index is 2.07. The second kappa shape index (κ2) is 7.48. The number of benzene rings is 2. The zero-order valence-corrected chi connectivity index (χ0v) is 12.9. The molecule has 20 heavy (non-hydrogen) atoms. The van der Waals surface area contributed by atoms with Crippen molar-refractivity contribution >= 4 is 11.8 Å². The van der Waals surface area contributed by atoms with Gasteiger partial charge < -0.3 is 0 Å². The summed E-state index contributed by atoms with van der Waals surface area (Å²) < 4.78 is 0. The zero-order chi connectivity index (χ0) is 14.4. The highest BCUT2D eigenvalue weighted by atomic mass is 32.2. The van der Waals surface area contributed by atoms with Crippen LogP contribution in [0.5, 0.6) is 0 Å². The molecule has 0 bridgehead atoms. The lowest BCUT2D eigenvalue weighted by atomic mass is 10.0. The van der Waals surface area contributed by atoms with E-state index in [1.807, 2.05) is 11.8 Å². The van der Waals surface area contributed by atoms with Crippen LogP contribution < -0.4 is 11.3 Å². The van der Waals surface area contributed by atoms with Crippen LogP contribution in [0.25, 0.3) is 0 Å². The van der Waals surface area contributed by atoms with Gasteiger partial charge in [0, 0.05) is 10.6 Å². The van der Waals surface area contributed by atoms with Crippen molar-refractivity contribution in [1.82, 2.24) is 5.43 Å². The predicted molar refractivity (Wildman–Crippen MR) is 87.8 cm³/mol. The fraction of sp³-hybridized carbons (Fsp3) is 0.294. The van der Waals surface area contributed by atoms with E-state index in [9.17, 15) is 0 Å². The van der Waals surface area contributed by atoms with Crippen LogP contribution in [0.15, 0.2) is 53.4 Å². The quantitative estimate of drug-likeness (QED) is 0.481. The van der Waals surface area contributed by atoms with Gasteiger partial charge in [0.1, 0.15) is 0 Å². The first-order valence-corrected chi connectivity index (χ1v) is 7.96. The summed E-state index contributed by atoms with van der Waals surface area (Å²) >= 11 is 1.85. The molecule has 2 aromatic rings. The molecule has 3 heteroatoms. The molecule has 0 aliphatic rings. The second-order valence-corrected chi connectivity index (χ2v) is 5.96. The van der Waals surface area contributed by atoms with Crippen molar-refractivity contribution in [2.75, 3.05) is 5.75 Å². The van der Waals surface area contributed by atoms with Gasteiger partial charge in [-0.25, -0.2) is 0 Å². The fourth-order valence-corrected chi connectivity index (χ4v) is 3.27. The SMILES string of the molecule is CCc1cccc(C(CSc2ccccc2C)NN)c1. The molecule has 2 nitrogen and oxygen atoms in total. The number of hydrogen-bond acceptors (Lipinski definition) is 3. The molecule has 0 saturated carbocycles. The average molecular weight is 286 g/mol. The number of nitrogens with two attached hydrogens (primary N) is 1. The van der Waals surface area contributed by atoms with Gasteiger partial charge in [0.2, 0.25) is 0 Å². The Labute approximate surface area is 125 Å². The third kappa shape index (κ3) is 3.85. The highest BCUT2D eigenvalue weighted by Gasteiger charge is 2.11. The van der Waals surface area contributed by atoms with Gasteiger partial charge in [0.05, 0.1) is 6.04 Å². The molecule has 0 fully saturated rings. The van der Waals surface area contributed by atoms with E-state index in [2.05, 4.69) is 67.8 Å². The van der Waals surface area contributed by atoms with E-state index in [0.29, 0.717) is 0 Å². The van der Waals surface area contributed by atoms with Crippen molar-refractivity contribution in [3.63, 3.8) is 0 Å². The summed E-state index contributed by atoms with van der Waals surface area (Å²) in [4.78, 5) is 1.32. The van der Waals surface area contributed by atoms with Crippen molar-refractivity contribution in [2.24, 2.45) is 5.84 Å². The number of nitrogens with one attached hydrogen (secondary N) is 1. The molecule has 0 spiro atoms. The summed E-state index contributed by atoms with van der Waals surface area (Å²) in [5, 5.41) is 0. The first-order chi connectivity index (χ1) is 9.74. The van der Waals surface area contributed by atoms with Crippen LogP contribution >= 0.6 is 11.8 Å². The Morgan fingerprint density at radius 1 is 1.15 bits per heavy atom. The standard InChI is InChI=1S/C17H22N2S/c1-3-14-8-6-9-15(11-14)16(19-18)12-20-17-10-5-4-7-13(17)2/h4-11,16,19H,3,12,18H2,1-2H3. The van der Waals surface area contributed by atoms with E-state index in [1.54, 1.807) is 0 Å². The van der Waals surface area contributed by atoms with Crippen molar-refractivity contribution < 1.29 is 0 Å². The Bertz CT molecular complexity index is 554. The van der Waals surface area contributed by atoms with E-state index in [0.717, 1.165) is 12.2 Å². The van der Waals surface area contributed by atoms with Crippen molar-refractivity contribution in [3.8, 4) is 0 Å². The second-order valence-electron chi connectivity index (χ2n) is 4.89. The number of aryl methyl sites for hydroxylation is 2. The summed E-state index contributed by atoms with van der Waals surface area (Å²) in [5.41, 5.74) is 6.86. The molecule has 0 radical (unpaired) electrons. The molecule has 2 rings (SSSR count). The molecule has 0 aliphatic heterocycles. The lowest BCUT2D eigenvalue weighted by molar-refractivity contribution is 0.610. The van der Waals surface area contributed by atoms with Crippen LogP contribution in [0.2, 0.25) is 0 Å². The fourth-order valence-electron chi connectivity index (χ4n) is 2.16. The molecule has 2 aromatic carbocycles. The van der Waals surface area contributed by atoms with Gasteiger partial charge in [-0.2, -0.15) is 0 Å². The van der Waals surface area contributed by atoms with Crippen LogP contribution in [-0.4, -0.2) is 5.75 Å². The minimum Gasteiger partial charge on any atom is -0.271 e. The summed E-state index contributed by atoms with van der Waals surface area (Å²) in [6.45, 7) is 4.32. The number of thioether (sulfide) groups is 1. The van der Waals surface area contributed by atoms with Gasteiger partial charge in [-0.3, -0.25) is 11.3 Å². The smallest absolute Gasteiger partial charge is 0.0554 e. The molecule has 106 valence electrons. The van der Waals surface area contributed by atoms with E-state index >= 15 is 0 Å². The molecule has 0 amide bonds. The van der Waals surface area contributed by atoms with Gasteiger partial charge in [0.25, 0.3) is 0 Å².